The monoisotopic (exact) mass is 381 g/mol. The Morgan fingerprint density at radius 3 is 2.19 bits per heavy atom. The standard InChI is InChI=1S/C21H23N3O2S/c1-12-7-5-8-13(2)18(12)22-17(25)11-16-20(26)24-21(27-16)23-19-14(3)9-6-10-15(19)4/h5-10,16H,11H2,1-4H3,(H,22,25)(H,23,24,26)/t16-/m1/s1. The highest BCUT2D eigenvalue weighted by Gasteiger charge is 2.32. The Hall–Kier alpha value is -2.60. The van der Waals surface area contributed by atoms with Crippen LogP contribution in [0.25, 0.3) is 0 Å². The molecule has 1 heterocycles. The molecule has 1 saturated heterocycles. The Labute approximate surface area is 163 Å². The van der Waals surface area contributed by atoms with Crippen LogP contribution < -0.4 is 10.6 Å². The van der Waals surface area contributed by atoms with Gasteiger partial charge >= 0.3 is 0 Å². The molecule has 0 aromatic heterocycles. The Morgan fingerprint density at radius 1 is 1.04 bits per heavy atom. The first-order valence-electron chi connectivity index (χ1n) is 8.83. The van der Waals surface area contributed by atoms with Gasteiger partial charge in [-0.25, -0.2) is 4.99 Å². The van der Waals surface area contributed by atoms with E-state index in [1.54, 1.807) is 0 Å². The summed E-state index contributed by atoms with van der Waals surface area (Å²) in [6.07, 6.45) is 0.107. The van der Waals surface area contributed by atoms with Crippen LogP contribution in [-0.4, -0.2) is 22.2 Å². The molecule has 1 aliphatic heterocycles. The van der Waals surface area contributed by atoms with E-state index < -0.39 is 5.25 Å². The average molecular weight is 382 g/mol. The molecule has 2 aromatic carbocycles. The van der Waals surface area contributed by atoms with E-state index in [2.05, 4.69) is 15.6 Å². The van der Waals surface area contributed by atoms with E-state index in [1.165, 1.54) is 11.8 Å². The molecule has 140 valence electrons. The van der Waals surface area contributed by atoms with Gasteiger partial charge in [0.05, 0.1) is 5.69 Å². The molecular weight excluding hydrogens is 358 g/mol. The summed E-state index contributed by atoms with van der Waals surface area (Å²) in [4.78, 5) is 29.3. The van der Waals surface area contributed by atoms with Crippen molar-refractivity contribution in [1.82, 2.24) is 5.32 Å². The zero-order valence-corrected chi connectivity index (χ0v) is 16.7. The molecule has 0 bridgehead atoms. The van der Waals surface area contributed by atoms with Crippen molar-refractivity contribution in [2.24, 2.45) is 4.99 Å². The van der Waals surface area contributed by atoms with Crippen molar-refractivity contribution in [3.8, 4) is 0 Å². The molecule has 2 aromatic rings. The average Bonchev–Trinajstić information content (AvgIpc) is 2.94. The van der Waals surface area contributed by atoms with E-state index in [0.717, 1.165) is 33.6 Å². The van der Waals surface area contributed by atoms with Crippen LogP contribution in [0.3, 0.4) is 0 Å². The van der Waals surface area contributed by atoms with Crippen molar-refractivity contribution in [3.63, 3.8) is 0 Å². The molecule has 3 rings (SSSR count). The van der Waals surface area contributed by atoms with Gasteiger partial charge in [0.2, 0.25) is 11.8 Å². The number of nitrogens with one attached hydrogen (secondary N) is 2. The summed E-state index contributed by atoms with van der Waals surface area (Å²) < 4.78 is 0. The molecule has 5 nitrogen and oxygen atoms in total. The van der Waals surface area contributed by atoms with Gasteiger partial charge in [-0.15, -0.1) is 0 Å². The molecule has 0 unspecified atom stereocenters. The van der Waals surface area contributed by atoms with Crippen molar-refractivity contribution in [1.29, 1.82) is 0 Å². The molecule has 2 amide bonds. The van der Waals surface area contributed by atoms with Crippen LogP contribution in [0.1, 0.15) is 28.7 Å². The van der Waals surface area contributed by atoms with E-state index >= 15 is 0 Å². The Bertz CT molecular complexity index is 897. The maximum Gasteiger partial charge on any atom is 0.240 e. The third kappa shape index (κ3) is 4.39. The summed E-state index contributed by atoms with van der Waals surface area (Å²) in [6, 6.07) is 11.8. The smallest absolute Gasteiger partial charge is 0.240 e. The lowest BCUT2D eigenvalue weighted by Crippen LogP contribution is -2.28. The number of carbonyl (C=O) groups excluding carboxylic acids is 2. The largest absolute Gasteiger partial charge is 0.326 e. The highest BCUT2D eigenvalue weighted by Crippen LogP contribution is 2.29. The van der Waals surface area contributed by atoms with Gasteiger partial charge in [-0.1, -0.05) is 48.2 Å². The summed E-state index contributed by atoms with van der Waals surface area (Å²) in [5.74, 6) is -0.352. The number of rotatable bonds is 4. The van der Waals surface area contributed by atoms with Crippen LogP contribution in [0.2, 0.25) is 0 Å². The molecule has 0 spiro atoms. The van der Waals surface area contributed by atoms with E-state index in [4.69, 9.17) is 0 Å². The minimum absolute atomic E-state index is 0.107. The first kappa shape index (κ1) is 19.2. The molecule has 2 N–H and O–H groups in total. The number of anilines is 1. The molecule has 0 saturated carbocycles. The maximum absolute atomic E-state index is 12.4. The number of hydrogen-bond donors (Lipinski definition) is 2. The lowest BCUT2D eigenvalue weighted by Gasteiger charge is -2.12. The number of amidine groups is 1. The highest BCUT2D eigenvalue weighted by molar-refractivity contribution is 8.15. The number of hydrogen-bond acceptors (Lipinski definition) is 4. The van der Waals surface area contributed by atoms with Crippen molar-refractivity contribution >= 4 is 40.1 Å². The van der Waals surface area contributed by atoms with Crippen LogP contribution in [-0.2, 0) is 9.59 Å². The minimum atomic E-state index is -0.475. The van der Waals surface area contributed by atoms with Gasteiger partial charge < -0.3 is 10.6 Å². The molecule has 1 atom stereocenters. The number of aliphatic imine (C=N–C) groups is 1. The van der Waals surface area contributed by atoms with Crippen LogP contribution in [0.5, 0.6) is 0 Å². The quantitative estimate of drug-likeness (QED) is 0.835. The number of carbonyl (C=O) groups is 2. The zero-order valence-electron chi connectivity index (χ0n) is 15.9. The molecule has 27 heavy (non-hydrogen) atoms. The molecule has 0 aliphatic carbocycles. The minimum Gasteiger partial charge on any atom is -0.326 e. The predicted molar refractivity (Wildman–Crippen MR) is 112 cm³/mol. The van der Waals surface area contributed by atoms with Crippen molar-refractivity contribution in [3.05, 3.63) is 58.7 Å². The first-order chi connectivity index (χ1) is 12.8. The molecular formula is C21H23N3O2S. The van der Waals surface area contributed by atoms with Gasteiger partial charge in [0, 0.05) is 12.1 Å². The van der Waals surface area contributed by atoms with E-state index in [-0.39, 0.29) is 18.2 Å². The van der Waals surface area contributed by atoms with Crippen LogP contribution >= 0.6 is 11.8 Å². The summed E-state index contributed by atoms with van der Waals surface area (Å²) >= 11 is 1.31. The zero-order chi connectivity index (χ0) is 19.6. The second kappa shape index (κ2) is 7.96. The van der Waals surface area contributed by atoms with E-state index in [9.17, 15) is 9.59 Å². The van der Waals surface area contributed by atoms with Crippen LogP contribution in [0.15, 0.2) is 41.4 Å². The SMILES string of the molecule is Cc1cccc(C)c1N=C1NC(=O)[C@@H](CC(=O)Nc2c(C)cccc2C)S1. The fourth-order valence-corrected chi connectivity index (χ4v) is 4.02. The number of aryl methyl sites for hydroxylation is 4. The fourth-order valence-electron chi connectivity index (χ4n) is 3.05. The second-order valence-corrected chi connectivity index (χ2v) is 7.96. The van der Waals surface area contributed by atoms with Gasteiger partial charge in [0.1, 0.15) is 5.25 Å². The number of para-hydroxylation sites is 2. The molecule has 0 radical (unpaired) electrons. The van der Waals surface area contributed by atoms with E-state index in [1.807, 2.05) is 64.1 Å². The topological polar surface area (TPSA) is 70.6 Å². The van der Waals surface area contributed by atoms with E-state index in [0.29, 0.717) is 5.17 Å². The number of benzene rings is 2. The molecule has 1 fully saturated rings. The van der Waals surface area contributed by atoms with Gasteiger partial charge in [0.15, 0.2) is 5.17 Å². The summed E-state index contributed by atoms with van der Waals surface area (Å²) in [5, 5.41) is 5.80. The highest BCUT2D eigenvalue weighted by atomic mass is 32.2. The first-order valence-corrected chi connectivity index (χ1v) is 9.71. The summed E-state index contributed by atoms with van der Waals surface area (Å²) in [7, 11) is 0. The summed E-state index contributed by atoms with van der Waals surface area (Å²) in [5.41, 5.74) is 5.78. The van der Waals surface area contributed by atoms with Gasteiger partial charge in [-0.3, -0.25) is 9.59 Å². The molecule has 1 aliphatic rings. The van der Waals surface area contributed by atoms with Crippen molar-refractivity contribution in [2.75, 3.05) is 5.32 Å². The fraction of sp³-hybridized carbons (Fsp3) is 0.286. The van der Waals surface area contributed by atoms with Crippen LogP contribution in [0, 0.1) is 27.7 Å². The third-order valence-electron chi connectivity index (χ3n) is 4.55. The second-order valence-electron chi connectivity index (χ2n) is 6.77. The Morgan fingerprint density at radius 2 is 1.59 bits per heavy atom. The van der Waals surface area contributed by atoms with Gasteiger partial charge in [-0.05, 0) is 49.9 Å². The maximum atomic E-state index is 12.4. The lowest BCUT2D eigenvalue weighted by atomic mass is 10.1. The van der Waals surface area contributed by atoms with Crippen LogP contribution in [0.4, 0.5) is 11.4 Å². The summed E-state index contributed by atoms with van der Waals surface area (Å²) in [6.45, 7) is 7.89. The normalized spacial score (nSPS) is 17.9. The van der Waals surface area contributed by atoms with Crippen molar-refractivity contribution in [2.45, 2.75) is 39.4 Å². The van der Waals surface area contributed by atoms with Gasteiger partial charge in [-0.2, -0.15) is 0 Å². The predicted octanol–water partition coefficient (Wildman–Crippen LogP) is 4.17. The Balaban J connectivity index is 1.69. The molecule has 6 heteroatoms. The lowest BCUT2D eigenvalue weighted by molar-refractivity contribution is -0.122. The van der Waals surface area contributed by atoms with Crippen molar-refractivity contribution < 1.29 is 9.59 Å². The van der Waals surface area contributed by atoms with Gasteiger partial charge in [0.25, 0.3) is 0 Å². The number of thioether (sulfide) groups is 1. The number of nitrogens with zero attached hydrogens (tertiary/aromatic N) is 1. The Kier molecular flexibility index (Phi) is 5.65. The third-order valence-corrected chi connectivity index (χ3v) is 5.63. The number of amides is 2.